The Morgan fingerprint density at radius 2 is 2.28 bits per heavy atom. The molecule has 0 aliphatic heterocycles. The summed E-state index contributed by atoms with van der Waals surface area (Å²) in [6.07, 6.45) is 1.28. The van der Waals surface area contributed by atoms with Crippen LogP contribution in [0.15, 0.2) is 12.3 Å². The number of methoxy groups -OCH3 is 1. The molecule has 0 atom stereocenters. The van der Waals surface area contributed by atoms with E-state index in [1.807, 2.05) is 13.8 Å². The van der Waals surface area contributed by atoms with E-state index < -0.39 is 5.97 Å². The summed E-state index contributed by atoms with van der Waals surface area (Å²) in [5.74, 6) is -0.568. The number of carboxylic acids is 1. The molecule has 0 aromatic carbocycles. The number of nitrogens with one attached hydrogen (secondary N) is 1. The van der Waals surface area contributed by atoms with E-state index in [4.69, 9.17) is 21.4 Å². The van der Waals surface area contributed by atoms with Gasteiger partial charge in [-0.2, -0.15) is 0 Å². The van der Waals surface area contributed by atoms with Gasteiger partial charge in [0.25, 0.3) is 0 Å². The molecule has 0 amide bonds. The highest BCUT2D eigenvalue weighted by atomic mass is 35.5. The lowest BCUT2D eigenvalue weighted by atomic mass is 9.95. The lowest BCUT2D eigenvalue weighted by Gasteiger charge is -2.24. The summed E-state index contributed by atoms with van der Waals surface area (Å²) in [4.78, 5) is 14.7. The summed E-state index contributed by atoms with van der Waals surface area (Å²) in [5.41, 5.74) is 0.00676. The van der Waals surface area contributed by atoms with E-state index in [1.165, 1.54) is 12.3 Å². The van der Waals surface area contributed by atoms with Crippen LogP contribution in [0.2, 0.25) is 5.02 Å². The standard InChI is InChI=1S/C12H17ClN2O3/c1-12(2,7-18-3)6-15-10-9(13)4-8(5-14-10)11(16)17/h4-5H,6-7H2,1-3H3,(H,14,15)(H,16,17). The largest absolute Gasteiger partial charge is 0.478 e. The fraction of sp³-hybridized carbons (Fsp3) is 0.500. The number of anilines is 1. The quantitative estimate of drug-likeness (QED) is 0.833. The van der Waals surface area contributed by atoms with E-state index >= 15 is 0 Å². The third-order valence-corrected chi connectivity index (χ3v) is 2.65. The van der Waals surface area contributed by atoms with Gasteiger partial charge in [-0.3, -0.25) is 0 Å². The average Bonchev–Trinajstić information content (AvgIpc) is 2.27. The molecule has 6 heteroatoms. The third kappa shape index (κ3) is 4.16. The predicted octanol–water partition coefficient (Wildman–Crippen LogP) is 2.52. The number of carboxylic acid groups (broad SMARTS) is 1. The maximum atomic E-state index is 10.7. The second-order valence-electron chi connectivity index (χ2n) is 4.81. The zero-order valence-corrected chi connectivity index (χ0v) is 11.4. The van der Waals surface area contributed by atoms with Gasteiger partial charge in [-0.15, -0.1) is 0 Å². The summed E-state index contributed by atoms with van der Waals surface area (Å²) < 4.78 is 5.10. The first kappa shape index (κ1) is 14.7. The Labute approximate surface area is 111 Å². The van der Waals surface area contributed by atoms with Crippen molar-refractivity contribution in [3.63, 3.8) is 0 Å². The van der Waals surface area contributed by atoms with Gasteiger partial charge >= 0.3 is 5.97 Å². The lowest BCUT2D eigenvalue weighted by molar-refractivity contribution is 0.0696. The summed E-state index contributed by atoms with van der Waals surface area (Å²) in [7, 11) is 1.65. The Kier molecular flexibility index (Phi) is 4.93. The van der Waals surface area contributed by atoms with Gasteiger partial charge in [-0.05, 0) is 6.07 Å². The first-order valence-corrected chi connectivity index (χ1v) is 5.85. The number of rotatable bonds is 6. The van der Waals surface area contributed by atoms with E-state index in [2.05, 4.69) is 10.3 Å². The Hall–Kier alpha value is -1.33. The molecule has 0 aliphatic rings. The molecule has 2 N–H and O–H groups in total. The molecule has 0 radical (unpaired) electrons. The minimum Gasteiger partial charge on any atom is -0.478 e. The monoisotopic (exact) mass is 272 g/mol. The molecule has 18 heavy (non-hydrogen) atoms. The molecule has 0 saturated carbocycles. The van der Waals surface area contributed by atoms with Crippen molar-refractivity contribution in [2.24, 2.45) is 5.41 Å². The molecule has 0 aliphatic carbocycles. The summed E-state index contributed by atoms with van der Waals surface area (Å²) in [6, 6.07) is 1.38. The number of aromatic carboxylic acids is 1. The van der Waals surface area contributed by atoms with Crippen LogP contribution in [0.5, 0.6) is 0 Å². The van der Waals surface area contributed by atoms with Crippen molar-refractivity contribution in [1.29, 1.82) is 0 Å². The van der Waals surface area contributed by atoms with E-state index in [0.29, 0.717) is 24.0 Å². The number of hydrogen-bond donors (Lipinski definition) is 2. The van der Waals surface area contributed by atoms with E-state index in [0.717, 1.165) is 0 Å². The maximum absolute atomic E-state index is 10.7. The molecule has 1 aromatic heterocycles. The average molecular weight is 273 g/mol. The molecular formula is C12H17ClN2O3. The van der Waals surface area contributed by atoms with Crippen molar-refractivity contribution in [2.45, 2.75) is 13.8 Å². The molecule has 1 rings (SSSR count). The molecule has 1 aromatic rings. The zero-order chi connectivity index (χ0) is 13.8. The Morgan fingerprint density at radius 1 is 1.61 bits per heavy atom. The van der Waals surface area contributed by atoms with Gasteiger partial charge in [-0.1, -0.05) is 25.4 Å². The van der Waals surface area contributed by atoms with Crippen molar-refractivity contribution >= 4 is 23.4 Å². The van der Waals surface area contributed by atoms with Gasteiger partial charge in [0.15, 0.2) is 0 Å². The van der Waals surface area contributed by atoms with Crippen LogP contribution < -0.4 is 5.32 Å². The fourth-order valence-electron chi connectivity index (χ4n) is 1.45. The number of hydrogen-bond acceptors (Lipinski definition) is 4. The second-order valence-corrected chi connectivity index (χ2v) is 5.22. The highest BCUT2D eigenvalue weighted by Gasteiger charge is 2.18. The topological polar surface area (TPSA) is 71.5 Å². The number of aromatic nitrogens is 1. The van der Waals surface area contributed by atoms with Gasteiger partial charge in [-0.25, -0.2) is 9.78 Å². The van der Waals surface area contributed by atoms with Crippen LogP contribution in [-0.4, -0.2) is 36.3 Å². The SMILES string of the molecule is COCC(C)(C)CNc1ncc(C(=O)O)cc1Cl. The number of halogens is 1. The van der Waals surface area contributed by atoms with Crippen LogP contribution in [-0.2, 0) is 4.74 Å². The maximum Gasteiger partial charge on any atom is 0.337 e. The van der Waals surface area contributed by atoms with Crippen LogP contribution in [0.25, 0.3) is 0 Å². The van der Waals surface area contributed by atoms with Crippen LogP contribution in [0.1, 0.15) is 24.2 Å². The molecule has 0 fully saturated rings. The van der Waals surface area contributed by atoms with Gasteiger partial charge in [0, 0.05) is 25.3 Å². The summed E-state index contributed by atoms with van der Waals surface area (Å²) in [6.45, 7) is 5.32. The lowest BCUT2D eigenvalue weighted by Crippen LogP contribution is -2.28. The third-order valence-electron chi connectivity index (χ3n) is 2.36. The van der Waals surface area contributed by atoms with Crippen molar-refractivity contribution in [3.8, 4) is 0 Å². The number of pyridine rings is 1. The molecule has 1 heterocycles. The van der Waals surface area contributed by atoms with Crippen LogP contribution in [0.3, 0.4) is 0 Å². The van der Waals surface area contributed by atoms with Crippen molar-refractivity contribution in [3.05, 3.63) is 22.8 Å². The highest BCUT2D eigenvalue weighted by molar-refractivity contribution is 6.33. The molecule has 5 nitrogen and oxygen atoms in total. The summed E-state index contributed by atoms with van der Waals surface area (Å²) in [5, 5.41) is 12.2. The van der Waals surface area contributed by atoms with Crippen LogP contribution >= 0.6 is 11.6 Å². The van der Waals surface area contributed by atoms with Crippen molar-refractivity contribution in [2.75, 3.05) is 25.6 Å². The molecule has 0 saturated heterocycles. The van der Waals surface area contributed by atoms with Gasteiger partial charge < -0.3 is 15.2 Å². The number of carbonyl (C=O) groups is 1. The van der Waals surface area contributed by atoms with Gasteiger partial charge in [0.1, 0.15) is 5.82 Å². The second kappa shape index (κ2) is 6.02. The normalized spacial score (nSPS) is 11.3. The van der Waals surface area contributed by atoms with Crippen LogP contribution in [0.4, 0.5) is 5.82 Å². The van der Waals surface area contributed by atoms with E-state index in [1.54, 1.807) is 7.11 Å². The first-order valence-electron chi connectivity index (χ1n) is 5.47. The van der Waals surface area contributed by atoms with Gasteiger partial charge in [0.05, 0.1) is 17.2 Å². The van der Waals surface area contributed by atoms with E-state index in [-0.39, 0.29) is 11.0 Å². The molecule has 0 unspecified atom stereocenters. The summed E-state index contributed by atoms with van der Waals surface area (Å²) >= 11 is 5.96. The predicted molar refractivity (Wildman–Crippen MR) is 70.4 cm³/mol. The van der Waals surface area contributed by atoms with Crippen molar-refractivity contribution < 1.29 is 14.6 Å². The fourth-order valence-corrected chi connectivity index (χ4v) is 1.68. The van der Waals surface area contributed by atoms with Crippen LogP contribution in [0, 0.1) is 5.41 Å². The Morgan fingerprint density at radius 3 is 2.78 bits per heavy atom. The van der Waals surface area contributed by atoms with Crippen molar-refractivity contribution in [1.82, 2.24) is 4.98 Å². The minimum atomic E-state index is -1.05. The highest BCUT2D eigenvalue weighted by Crippen LogP contribution is 2.22. The number of ether oxygens (including phenoxy) is 1. The first-order chi connectivity index (χ1) is 8.35. The molecular weight excluding hydrogens is 256 g/mol. The minimum absolute atomic E-state index is 0.0643. The Bertz CT molecular complexity index is 435. The molecule has 0 bridgehead atoms. The number of nitrogens with zero attached hydrogens (tertiary/aromatic N) is 1. The van der Waals surface area contributed by atoms with E-state index in [9.17, 15) is 4.79 Å². The van der Waals surface area contributed by atoms with Gasteiger partial charge in [0.2, 0.25) is 0 Å². The molecule has 0 spiro atoms. The zero-order valence-electron chi connectivity index (χ0n) is 10.7. The Balaban J connectivity index is 2.71. The smallest absolute Gasteiger partial charge is 0.337 e. The molecule has 100 valence electrons.